The van der Waals surface area contributed by atoms with Crippen LogP contribution in [-0.4, -0.2) is 31.6 Å². The summed E-state index contributed by atoms with van der Waals surface area (Å²) in [6, 6.07) is 3.40. The summed E-state index contributed by atoms with van der Waals surface area (Å²) in [5.41, 5.74) is 0.182. The van der Waals surface area contributed by atoms with Crippen LogP contribution in [-0.2, 0) is 9.53 Å². The average molecular weight is 294 g/mol. The number of anilines is 1. The van der Waals surface area contributed by atoms with Gasteiger partial charge < -0.3 is 15.4 Å². The third-order valence-corrected chi connectivity index (χ3v) is 3.63. The predicted octanol–water partition coefficient (Wildman–Crippen LogP) is 1.94. The van der Waals surface area contributed by atoms with Crippen molar-refractivity contribution in [2.45, 2.75) is 25.8 Å². The molecule has 1 heterocycles. The molecule has 0 aliphatic carbocycles. The number of hydrogen-bond acceptors (Lipinski definition) is 4. The number of esters is 1. The minimum absolute atomic E-state index is 0.0112. The van der Waals surface area contributed by atoms with Crippen LogP contribution in [0.25, 0.3) is 0 Å². The van der Waals surface area contributed by atoms with E-state index < -0.39 is 11.8 Å². The van der Waals surface area contributed by atoms with E-state index in [0.29, 0.717) is 12.3 Å². The molecule has 6 heteroatoms. The van der Waals surface area contributed by atoms with Gasteiger partial charge in [0.15, 0.2) is 0 Å². The first-order valence-electron chi connectivity index (χ1n) is 6.93. The van der Waals surface area contributed by atoms with E-state index in [1.165, 1.54) is 19.2 Å². The second kappa shape index (κ2) is 6.67. The lowest BCUT2D eigenvalue weighted by atomic mass is 9.94. The Morgan fingerprint density at radius 2 is 2.19 bits per heavy atom. The standard InChI is InChI=1S/C15H19FN2O3/c1-9-5-6-17-13(7-9)14(19)18-12-8-10(15(20)21-2)3-4-11(12)16/h3-4,8-9,13,17H,5-7H2,1-2H3,(H,18,19). The number of halogens is 1. The lowest BCUT2D eigenvalue weighted by molar-refractivity contribution is -0.119. The summed E-state index contributed by atoms with van der Waals surface area (Å²) in [7, 11) is 1.25. The average Bonchev–Trinajstić information content (AvgIpc) is 2.48. The number of nitrogens with one attached hydrogen (secondary N) is 2. The monoisotopic (exact) mass is 294 g/mol. The van der Waals surface area contributed by atoms with Crippen LogP contribution >= 0.6 is 0 Å². The van der Waals surface area contributed by atoms with Crippen LogP contribution in [0.4, 0.5) is 10.1 Å². The summed E-state index contributed by atoms with van der Waals surface area (Å²) in [5, 5.41) is 5.65. The molecule has 2 rings (SSSR count). The van der Waals surface area contributed by atoms with E-state index in [0.717, 1.165) is 19.0 Å². The molecule has 2 atom stereocenters. The molecular formula is C15H19FN2O3. The van der Waals surface area contributed by atoms with Crippen LogP contribution in [0.2, 0.25) is 0 Å². The zero-order chi connectivity index (χ0) is 15.4. The Balaban J connectivity index is 2.11. The van der Waals surface area contributed by atoms with Gasteiger partial charge in [0.05, 0.1) is 24.4 Å². The summed E-state index contributed by atoms with van der Waals surface area (Å²) in [6.07, 6.45) is 1.74. The Labute approximate surface area is 122 Å². The molecule has 1 aromatic rings. The normalized spacial score (nSPS) is 21.7. The minimum atomic E-state index is -0.583. The highest BCUT2D eigenvalue weighted by Crippen LogP contribution is 2.20. The largest absolute Gasteiger partial charge is 0.465 e. The van der Waals surface area contributed by atoms with Crippen molar-refractivity contribution in [3.05, 3.63) is 29.6 Å². The van der Waals surface area contributed by atoms with Crippen molar-refractivity contribution in [2.75, 3.05) is 19.0 Å². The number of hydrogen-bond donors (Lipinski definition) is 2. The number of ether oxygens (including phenoxy) is 1. The highest BCUT2D eigenvalue weighted by atomic mass is 19.1. The van der Waals surface area contributed by atoms with E-state index in [1.807, 2.05) is 0 Å². The third-order valence-electron chi connectivity index (χ3n) is 3.63. The number of amides is 1. The van der Waals surface area contributed by atoms with Gasteiger partial charge in [0, 0.05) is 0 Å². The van der Waals surface area contributed by atoms with Gasteiger partial charge in [-0.05, 0) is 43.5 Å². The molecule has 0 spiro atoms. The molecule has 1 aliphatic rings. The van der Waals surface area contributed by atoms with Crippen LogP contribution in [0.5, 0.6) is 0 Å². The Bertz CT molecular complexity index is 548. The lowest BCUT2D eigenvalue weighted by Gasteiger charge is -2.27. The zero-order valence-electron chi connectivity index (χ0n) is 12.1. The number of rotatable bonds is 3. The maximum absolute atomic E-state index is 13.8. The molecule has 0 radical (unpaired) electrons. The first kappa shape index (κ1) is 15.4. The van der Waals surface area contributed by atoms with Crippen molar-refractivity contribution < 1.29 is 18.7 Å². The quantitative estimate of drug-likeness (QED) is 0.836. The Hall–Kier alpha value is -1.95. The van der Waals surface area contributed by atoms with E-state index in [4.69, 9.17) is 0 Å². The lowest BCUT2D eigenvalue weighted by Crippen LogP contribution is -2.45. The Kier molecular flexibility index (Phi) is 4.90. The smallest absolute Gasteiger partial charge is 0.337 e. The number of carbonyl (C=O) groups excluding carboxylic acids is 2. The summed E-state index contributed by atoms with van der Waals surface area (Å²) < 4.78 is 18.3. The van der Waals surface area contributed by atoms with Gasteiger partial charge in [-0.2, -0.15) is 0 Å². The summed E-state index contributed by atoms with van der Waals surface area (Å²) >= 11 is 0. The number of benzene rings is 1. The van der Waals surface area contributed by atoms with Crippen molar-refractivity contribution in [3.63, 3.8) is 0 Å². The van der Waals surface area contributed by atoms with E-state index >= 15 is 0 Å². The number of methoxy groups -OCH3 is 1. The molecule has 0 aromatic heterocycles. The van der Waals surface area contributed by atoms with Gasteiger partial charge in [-0.15, -0.1) is 0 Å². The highest BCUT2D eigenvalue weighted by molar-refractivity contribution is 5.97. The van der Waals surface area contributed by atoms with Gasteiger partial charge in [-0.3, -0.25) is 4.79 Å². The third kappa shape index (κ3) is 3.78. The van der Waals surface area contributed by atoms with Crippen molar-refractivity contribution in [1.82, 2.24) is 5.32 Å². The number of piperidine rings is 1. The molecule has 114 valence electrons. The Morgan fingerprint density at radius 1 is 1.43 bits per heavy atom. The summed E-state index contributed by atoms with van der Waals surface area (Å²) in [5.74, 6) is -0.995. The van der Waals surface area contributed by atoms with E-state index in [-0.39, 0.29) is 23.2 Å². The minimum Gasteiger partial charge on any atom is -0.465 e. The second-order valence-electron chi connectivity index (χ2n) is 5.31. The fourth-order valence-corrected chi connectivity index (χ4v) is 2.39. The molecule has 1 aromatic carbocycles. The fraction of sp³-hybridized carbons (Fsp3) is 0.467. The zero-order valence-corrected chi connectivity index (χ0v) is 12.1. The molecule has 1 aliphatic heterocycles. The maximum Gasteiger partial charge on any atom is 0.337 e. The van der Waals surface area contributed by atoms with E-state index in [2.05, 4.69) is 22.3 Å². The van der Waals surface area contributed by atoms with E-state index in [9.17, 15) is 14.0 Å². The maximum atomic E-state index is 13.8. The predicted molar refractivity (Wildman–Crippen MR) is 76.6 cm³/mol. The molecule has 0 saturated carbocycles. The van der Waals surface area contributed by atoms with Gasteiger partial charge in [-0.1, -0.05) is 6.92 Å². The van der Waals surface area contributed by atoms with Crippen molar-refractivity contribution >= 4 is 17.6 Å². The van der Waals surface area contributed by atoms with Crippen LogP contribution in [0, 0.1) is 11.7 Å². The number of carbonyl (C=O) groups is 2. The van der Waals surface area contributed by atoms with Crippen LogP contribution < -0.4 is 10.6 Å². The molecule has 5 nitrogen and oxygen atoms in total. The molecule has 2 N–H and O–H groups in total. The van der Waals surface area contributed by atoms with Crippen LogP contribution in [0.1, 0.15) is 30.1 Å². The van der Waals surface area contributed by atoms with Gasteiger partial charge in [0.2, 0.25) is 5.91 Å². The molecule has 1 saturated heterocycles. The highest BCUT2D eigenvalue weighted by Gasteiger charge is 2.25. The van der Waals surface area contributed by atoms with Crippen LogP contribution in [0.15, 0.2) is 18.2 Å². The van der Waals surface area contributed by atoms with Crippen LogP contribution in [0.3, 0.4) is 0 Å². The van der Waals surface area contributed by atoms with Crippen molar-refractivity contribution in [1.29, 1.82) is 0 Å². The van der Waals surface area contributed by atoms with Crippen molar-refractivity contribution in [3.8, 4) is 0 Å². The SMILES string of the molecule is COC(=O)c1ccc(F)c(NC(=O)C2CC(C)CCN2)c1. The first-order chi connectivity index (χ1) is 10.0. The molecule has 21 heavy (non-hydrogen) atoms. The van der Waals surface area contributed by atoms with Gasteiger partial charge in [0.1, 0.15) is 5.82 Å². The van der Waals surface area contributed by atoms with E-state index in [1.54, 1.807) is 0 Å². The molecule has 1 amide bonds. The topological polar surface area (TPSA) is 67.4 Å². The van der Waals surface area contributed by atoms with Gasteiger partial charge in [0.25, 0.3) is 0 Å². The Morgan fingerprint density at radius 3 is 2.86 bits per heavy atom. The summed E-state index contributed by atoms with van der Waals surface area (Å²) in [4.78, 5) is 23.6. The molecule has 1 fully saturated rings. The van der Waals surface area contributed by atoms with Crippen molar-refractivity contribution in [2.24, 2.45) is 5.92 Å². The molecule has 2 unspecified atom stereocenters. The fourth-order valence-electron chi connectivity index (χ4n) is 2.39. The van der Waals surface area contributed by atoms with Gasteiger partial charge in [-0.25, -0.2) is 9.18 Å². The molecular weight excluding hydrogens is 275 g/mol. The molecule has 0 bridgehead atoms. The summed E-state index contributed by atoms with van der Waals surface area (Å²) in [6.45, 7) is 2.85. The second-order valence-corrected chi connectivity index (χ2v) is 5.31. The first-order valence-corrected chi connectivity index (χ1v) is 6.93. The van der Waals surface area contributed by atoms with Gasteiger partial charge >= 0.3 is 5.97 Å².